The van der Waals surface area contributed by atoms with Crippen LogP contribution in [-0.2, 0) is 11.2 Å². The van der Waals surface area contributed by atoms with Crippen LogP contribution in [0.5, 0.6) is 11.5 Å². The largest absolute Gasteiger partial charge is 0.486 e. The van der Waals surface area contributed by atoms with E-state index in [2.05, 4.69) is 19.2 Å². The van der Waals surface area contributed by atoms with Crippen molar-refractivity contribution in [3.63, 3.8) is 0 Å². The summed E-state index contributed by atoms with van der Waals surface area (Å²) in [5.74, 6) is 3.55. The summed E-state index contributed by atoms with van der Waals surface area (Å²) in [5.41, 5.74) is 0.864. The van der Waals surface area contributed by atoms with Crippen LogP contribution >= 0.6 is 0 Å². The van der Waals surface area contributed by atoms with Gasteiger partial charge in [-0.25, -0.2) is 9.67 Å². The number of amides is 1. The molecular formula is C18H22N4O3. The van der Waals surface area contributed by atoms with Crippen molar-refractivity contribution in [3.05, 3.63) is 29.8 Å². The number of carbonyl (C=O) groups is 1. The average molecular weight is 342 g/mol. The highest BCUT2D eigenvalue weighted by molar-refractivity contribution is 5.78. The molecule has 1 saturated heterocycles. The van der Waals surface area contributed by atoms with Crippen LogP contribution in [0.3, 0.4) is 0 Å². The SMILES string of the molecule is CC(C)Cc1nc([C@H]2CCC(=O)N2)n(-c2ccc3c(c2)OCCO3)n1. The first-order chi connectivity index (χ1) is 12.1. The van der Waals surface area contributed by atoms with Crippen molar-refractivity contribution in [2.75, 3.05) is 13.2 Å². The van der Waals surface area contributed by atoms with Crippen molar-refractivity contribution < 1.29 is 14.3 Å². The summed E-state index contributed by atoms with van der Waals surface area (Å²) < 4.78 is 13.1. The minimum atomic E-state index is -0.103. The van der Waals surface area contributed by atoms with Gasteiger partial charge in [-0.05, 0) is 24.5 Å². The molecule has 0 spiro atoms. The van der Waals surface area contributed by atoms with Gasteiger partial charge in [0.05, 0.1) is 11.7 Å². The van der Waals surface area contributed by atoms with E-state index in [9.17, 15) is 4.79 Å². The Bertz CT molecular complexity index is 800. The van der Waals surface area contributed by atoms with E-state index in [1.54, 1.807) is 0 Å². The van der Waals surface area contributed by atoms with Gasteiger partial charge in [0.25, 0.3) is 0 Å². The minimum Gasteiger partial charge on any atom is -0.486 e. The average Bonchev–Trinajstić information content (AvgIpc) is 3.20. The summed E-state index contributed by atoms with van der Waals surface area (Å²) in [4.78, 5) is 16.4. The fraction of sp³-hybridized carbons (Fsp3) is 0.500. The number of nitrogens with one attached hydrogen (secondary N) is 1. The molecule has 132 valence electrons. The first-order valence-corrected chi connectivity index (χ1v) is 8.75. The lowest BCUT2D eigenvalue weighted by Crippen LogP contribution is -2.22. The fourth-order valence-corrected chi connectivity index (χ4v) is 3.21. The predicted octanol–water partition coefficient (Wildman–Crippen LogP) is 2.19. The Morgan fingerprint density at radius 3 is 2.80 bits per heavy atom. The van der Waals surface area contributed by atoms with E-state index in [1.165, 1.54) is 0 Å². The van der Waals surface area contributed by atoms with Gasteiger partial charge in [-0.3, -0.25) is 4.79 Å². The maximum Gasteiger partial charge on any atom is 0.220 e. The van der Waals surface area contributed by atoms with Gasteiger partial charge in [-0.15, -0.1) is 0 Å². The molecule has 1 fully saturated rings. The topological polar surface area (TPSA) is 78.3 Å². The number of ether oxygens (including phenoxy) is 2. The number of benzene rings is 1. The van der Waals surface area contributed by atoms with Crippen molar-refractivity contribution in [1.82, 2.24) is 20.1 Å². The molecule has 7 nitrogen and oxygen atoms in total. The smallest absolute Gasteiger partial charge is 0.220 e. The van der Waals surface area contributed by atoms with Crippen LogP contribution in [0.25, 0.3) is 5.69 Å². The van der Waals surface area contributed by atoms with Crippen LogP contribution in [0.2, 0.25) is 0 Å². The molecule has 2 aliphatic heterocycles. The number of hydrogen-bond acceptors (Lipinski definition) is 5. The molecule has 3 heterocycles. The molecule has 0 aliphatic carbocycles. The molecule has 0 unspecified atom stereocenters. The standard InChI is InChI=1S/C18H22N4O3/c1-11(2)9-16-20-18(13-4-6-17(23)19-13)22(21-16)12-3-5-14-15(10-12)25-8-7-24-14/h3,5,10-11,13H,4,6-9H2,1-2H3,(H,19,23)/t13-/m1/s1. The van der Waals surface area contributed by atoms with E-state index in [4.69, 9.17) is 19.6 Å². The Hall–Kier alpha value is -2.57. The monoisotopic (exact) mass is 342 g/mol. The summed E-state index contributed by atoms with van der Waals surface area (Å²) in [7, 11) is 0. The second-order valence-corrected chi connectivity index (χ2v) is 6.88. The van der Waals surface area contributed by atoms with Gasteiger partial charge in [0.15, 0.2) is 23.1 Å². The molecule has 25 heavy (non-hydrogen) atoms. The Morgan fingerprint density at radius 1 is 1.28 bits per heavy atom. The molecule has 7 heteroatoms. The van der Waals surface area contributed by atoms with Crippen molar-refractivity contribution in [1.29, 1.82) is 0 Å². The lowest BCUT2D eigenvalue weighted by molar-refractivity contribution is -0.119. The molecule has 0 bridgehead atoms. The molecule has 4 rings (SSSR count). The van der Waals surface area contributed by atoms with E-state index in [0.29, 0.717) is 31.3 Å². The summed E-state index contributed by atoms with van der Waals surface area (Å²) in [6.45, 7) is 5.38. The number of hydrogen-bond donors (Lipinski definition) is 1. The van der Waals surface area contributed by atoms with Crippen LogP contribution in [0.4, 0.5) is 0 Å². The normalized spacial score (nSPS) is 19.3. The number of carbonyl (C=O) groups excluding carboxylic acids is 1. The van der Waals surface area contributed by atoms with Gasteiger partial charge in [0.2, 0.25) is 5.91 Å². The summed E-state index contributed by atoms with van der Waals surface area (Å²) in [6, 6.07) is 5.66. The number of aromatic nitrogens is 3. The van der Waals surface area contributed by atoms with E-state index >= 15 is 0 Å². The highest BCUT2D eigenvalue weighted by Crippen LogP contribution is 2.33. The molecule has 1 atom stereocenters. The number of rotatable bonds is 4. The lowest BCUT2D eigenvalue weighted by atomic mass is 10.1. The Labute approximate surface area is 146 Å². The van der Waals surface area contributed by atoms with Crippen molar-refractivity contribution in [3.8, 4) is 17.2 Å². The van der Waals surface area contributed by atoms with Crippen LogP contribution < -0.4 is 14.8 Å². The van der Waals surface area contributed by atoms with Crippen molar-refractivity contribution in [2.24, 2.45) is 5.92 Å². The Balaban J connectivity index is 1.74. The van der Waals surface area contributed by atoms with Crippen LogP contribution in [-0.4, -0.2) is 33.9 Å². The van der Waals surface area contributed by atoms with Gasteiger partial charge in [-0.2, -0.15) is 5.10 Å². The molecule has 1 aromatic carbocycles. The maximum atomic E-state index is 11.6. The quantitative estimate of drug-likeness (QED) is 0.921. The summed E-state index contributed by atoms with van der Waals surface area (Å²) >= 11 is 0. The Morgan fingerprint density at radius 2 is 2.08 bits per heavy atom. The molecule has 1 amide bonds. The second-order valence-electron chi connectivity index (χ2n) is 6.88. The van der Waals surface area contributed by atoms with Gasteiger partial charge in [0, 0.05) is 18.9 Å². The van der Waals surface area contributed by atoms with Crippen molar-refractivity contribution in [2.45, 2.75) is 39.2 Å². The Kier molecular flexibility index (Phi) is 4.07. The predicted molar refractivity (Wildman–Crippen MR) is 91.0 cm³/mol. The van der Waals surface area contributed by atoms with Gasteiger partial charge in [-0.1, -0.05) is 13.8 Å². The van der Waals surface area contributed by atoms with Gasteiger partial charge in [0.1, 0.15) is 13.2 Å². The lowest BCUT2D eigenvalue weighted by Gasteiger charge is -2.19. The molecular weight excluding hydrogens is 320 g/mol. The van der Waals surface area contributed by atoms with Crippen molar-refractivity contribution >= 4 is 5.91 Å². The van der Waals surface area contributed by atoms with E-state index in [1.807, 2.05) is 22.9 Å². The molecule has 2 aromatic rings. The minimum absolute atomic E-state index is 0.0622. The molecule has 1 aromatic heterocycles. The summed E-state index contributed by atoms with van der Waals surface area (Å²) in [5, 5.41) is 7.69. The van der Waals surface area contributed by atoms with E-state index < -0.39 is 0 Å². The van der Waals surface area contributed by atoms with E-state index in [-0.39, 0.29) is 11.9 Å². The number of fused-ring (bicyclic) bond motifs is 1. The zero-order valence-corrected chi connectivity index (χ0v) is 14.5. The van der Waals surface area contributed by atoms with Crippen LogP contribution in [0, 0.1) is 5.92 Å². The third-order valence-electron chi connectivity index (χ3n) is 4.34. The molecule has 0 saturated carbocycles. The molecule has 1 N–H and O–H groups in total. The highest BCUT2D eigenvalue weighted by atomic mass is 16.6. The first kappa shape index (κ1) is 15.9. The van der Waals surface area contributed by atoms with E-state index in [0.717, 1.165) is 35.9 Å². The number of nitrogens with zero attached hydrogens (tertiary/aromatic N) is 3. The third kappa shape index (κ3) is 3.18. The van der Waals surface area contributed by atoms with Gasteiger partial charge < -0.3 is 14.8 Å². The molecule has 0 radical (unpaired) electrons. The van der Waals surface area contributed by atoms with Crippen LogP contribution in [0.1, 0.15) is 44.4 Å². The van der Waals surface area contributed by atoms with Crippen LogP contribution in [0.15, 0.2) is 18.2 Å². The molecule has 2 aliphatic rings. The first-order valence-electron chi connectivity index (χ1n) is 8.75. The third-order valence-corrected chi connectivity index (χ3v) is 4.34. The zero-order valence-electron chi connectivity index (χ0n) is 14.5. The maximum absolute atomic E-state index is 11.6. The second kappa shape index (κ2) is 6.38. The zero-order chi connectivity index (χ0) is 17.4. The van der Waals surface area contributed by atoms with Gasteiger partial charge >= 0.3 is 0 Å². The highest BCUT2D eigenvalue weighted by Gasteiger charge is 2.28. The summed E-state index contributed by atoms with van der Waals surface area (Å²) in [6.07, 6.45) is 2.06. The fourth-order valence-electron chi connectivity index (χ4n) is 3.21.